The van der Waals surface area contributed by atoms with Gasteiger partial charge in [-0.25, -0.2) is 4.98 Å². The molecule has 1 heterocycles. The summed E-state index contributed by atoms with van der Waals surface area (Å²) in [5.41, 5.74) is 2.57. The second-order valence-corrected chi connectivity index (χ2v) is 10.9. The van der Waals surface area contributed by atoms with E-state index in [0.717, 1.165) is 16.8 Å². The maximum Gasteiger partial charge on any atom is 0.296 e. The van der Waals surface area contributed by atoms with Crippen molar-refractivity contribution in [1.82, 2.24) is 4.98 Å². The molecular formula is C36H50N2O7S. The molecule has 9 nitrogen and oxygen atoms in total. The van der Waals surface area contributed by atoms with E-state index in [9.17, 15) is 8.42 Å². The third-order valence-corrected chi connectivity index (χ3v) is 7.29. The Morgan fingerprint density at radius 3 is 2.22 bits per heavy atom. The maximum atomic E-state index is 12.5. The second-order valence-electron chi connectivity index (χ2n) is 9.30. The Morgan fingerprint density at radius 1 is 0.913 bits per heavy atom. The molecule has 46 heavy (non-hydrogen) atoms. The Morgan fingerprint density at radius 2 is 1.59 bits per heavy atom. The number of methoxy groups -OCH3 is 2. The zero-order chi connectivity index (χ0) is 34.4. The molecule has 252 valence electrons. The number of hydrogen-bond acceptors (Lipinski definition) is 9. The number of anilines is 1. The summed E-state index contributed by atoms with van der Waals surface area (Å²) in [5, 5.41) is 0. The van der Waals surface area contributed by atoms with E-state index in [2.05, 4.69) is 11.6 Å². The number of aryl methyl sites for hydroxylation is 1. The van der Waals surface area contributed by atoms with Gasteiger partial charge in [0, 0.05) is 26.3 Å². The third kappa shape index (κ3) is 13.9. The smallest absolute Gasteiger partial charge is 0.296 e. The van der Waals surface area contributed by atoms with Crippen molar-refractivity contribution in [3.05, 3.63) is 114 Å². The van der Waals surface area contributed by atoms with Gasteiger partial charge in [-0.3, -0.25) is 4.18 Å². The number of rotatable bonds is 17. The first-order chi connectivity index (χ1) is 22.2. The van der Waals surface area contributed by atoms with Crippen LogP contribution in [0.5, 0.6) is 11.6 Å². The SMILES string of the molecule is C=C(/C=C\C(OCCCOS(=O)(=O)c1ccc(C)cc1)=C(/C)CN(COC)c1cccnc1Oc1ccccc1)OC.CC.CC. The molecule has 0 amide bonds. The van der Waals surface area contributed by atoms with Gasteiger partial charge in [-0.2, -0.15) is 8.42 Å². The maximum absolute atomic E-state index is 12.5. The minimum atomic E-state index is -3.85. The molecular weight excluding hydrogens is 604 g/mol. The van der Waals surface area contributed by atoms with Crippen molar-refractivity contribution in [1.29, 1.82) is 0 Å². The Bertz CT molecular complexity index is 1460. The number of benzene rings is 2. The van der Waals surface area contributed by atoms with E-state index in [0.29, 0.717) is 36.1 Å². The number of pyridine rings is 1. The van der Waals surface area contributed by atoms with Crippen LogP contribution in [-0.4, -0.2) is 54.1 Å². The molecule has 0 saturated heterocycles. The first kappa shape index (κ1) is 39.9. The monoisotopic (exact) mass is 654 g/mol. The zero-order valence-corrected chi connectivity index (χ0v) is 29.3. The lowest BCUT2D eigenvalue weighted by molar-refractivity contribution is 0.187. The summed E-state index contributed by atoms with van der Waals surface area (Å²) in [6, 6.07) is 19.7. The minimum absolute atomic E-state index is 0.0251. The van der Waals surface area contributed by atoms with Crippen LogP contribution in [0.1, 0.15) is 46.6 Å². The van der Waals surface area contributed by atoms with Crippen LogP contribution in [0.25, 0.3) is 0 Å². The molecule has 0 unspecified atom stereocenters. The van der Waals surface area contributed by atoms with Crippen LogP contribution in [0.3, 0.4) is 0 Å². The lowest BCUT2D eigenvalue weighted by atomic mass is 10.2. The Kier molecular flexibility index (Phi) is 19.4. The van der Waals surface area contributed by atoms with Crippen LogP contribution in [0, 0.1) is 6.92 Å². The fraction of sp³-hybridized carbons (Fsp3) is 0.361. The van der Waals surface area contributed by atoms with Gasteiger partial charge in [0.2, 0.25) is 5.88 Å². The van der Waals surface area contributed by atoms with Crippen LogP contribution in [-0.2, 0) is 28.5 Å². The summed E-state index contributed by atoms with van der Waals surface area (Å²) in [6.07, 6.45) is 5.48. The summed E-state index contributed by atoms with van der Waals surface area (Å²) < 4.78 is 53.0. The van der Waals surface area contributed by atoms with Gasteiger partial charge in [-0.15, -0.1) is 0 Å². The largest absolute Gasteiger partial charge is 0.497 e. The van der Waals surface area contributed by atoms with E-state index < -0.39 is 10.1 Å². The highest BCUT2D eigenvalue weighted by Gasteiger charge is 2.17. The fourth-order valence-corrected chi connectivity index (χ4v) is 4.70. The number of ether oxygens (including phenoxy) is 4. The lowest BCUT2D eigenvalue weighted by Gasteiger charge is -2.26. The van der Waals surface area contributed by atoms with E-state index in [1.54, 1.807) is 37.6 Å². The highest BCUT2D eigenvalue weighted by molar-refractivity contribution is 7.86. The van der Waals surface area contributed by atoms with Crippen LogP contribution >= 0.6 is 0 Å². The molecule has 0 N–H and O–H groups in total. The molecule has 3 rings (SSSR count). The molecule has 3 aromatic rings. The molecule has 0 atom stereocenters. The summed E-state index contributed by atoms with van der Waals surface area (Å²) in [4.78, 5) is 6.54. The van der Waals surface area contributed by atoms with Gasteiger partial charge in [0.05, 0.1) is 25.2 Å². The Balaban J connectivity index is 0.00000254. The van der Waals surface area contributed by atoms with Crippen LogP contribution < -0.4 is 9.64 Å². The van der Waals surface area contributed by atoms with Gasteiger partial charge >= 0.3 is 0 Å². The molecule has 2 aromatic carbocycles. The molecule has 0 bridgehead atoms. The fourth-order valence-electron chi connectivity index (χ4n) is 3.76. The summed E-state index contributed by atoms with van der Waals surface area (Å²) >= 11 is 0. The normalized spacial score (nSPS) is 11.3. The summed E-state index contributed by atoms with van der Waals surface area (Å²) in [7, 11) is -0.697. The predicted octanol–water partition coefficient (Wildman–Crippen LogP) is 8.45. The average Bonchev–Trinajstić information content (AvgIpc) is 3.08. The van der Waals surface area contributed by atoms with Gasteiger partial charge in [-0.1, -0.05) is 70.2 Å². The number of hydrogen-bond donors (Lipinski definition) is 0. The molecule has 1 aromatic heterocycles. The highest BCUT2D eigenvalue weighted by atomic mass is 32.2. The Labute approximate surface area is 276 Å². The lowest BCUT2D eigenvalue weighted by Crippen LogP contribution is -2.28. The quantitative estimate of drug-likeness (QED) is 0.0467. The number of aromatic nitrogens is 1. The van der Waals surface area contributed by atoms with Crippen molar-refractivity contribution in [2.45, 2.75) is 52.9 Å². The standard InChI is InChI=1S/C32H38N2O7S.2C2H6/c1-25-14-17-29(18-15-25)42(35,36)40-22-10-21-39-31(19-16-27(3)38-5)26(2)23-34(24-37-4)30-13-9-20-33-32(30)41-28-11-7-6-8-12-28;2*1-2/h6-9,11-20H,3,10,21-24H2,1-2,4-5H3;2*1-2H3/b19-16-,31-26-;;. The van der Waals surface area contributed by atoms with Gasteiger partial charge in [0.1, 0.15) is 29.7 Å². The summed E-state index contributed by atoms with van der Waals surface area (Å²) in [5.74, 6) is 2.13. The molecule has 0 radical (unpaired) electrons. The van der Waals surface area contributed by atoms with Gasteiger partial charge in [0.15, 0.2) is 0 Å². The molecule has 0 saturated carbocycles. The molecule has 0 fully saturated rings. The van der Waals surface area contributed by atoms with Gasteiger partial charge < -0.3 is 23.8 Å². The van der Waals surface area contributed by atoms with Crippen molar-refractivity contribution in [3.8, 4) is 11.6 Å². The summed E-state index contributed by atoms with van der Waals surface area (Å²) in [6.45, 7) is 16.5. The van der Waals surface area contributed by atoms with E-state index in [1.807, 2.05) is 88.9 Å². The van der Waals surface area contributed by atoms with Crippen LogP contribution in [0.15, 0.2) is 114 Å². The first-order valence-electron chi connectivity index (χ1n) is 15.3. The van der Waals surface area contributed by atoms with Gasteiger partial charge in [-0.05, 0) is 68.0 Å². The van der Waals surface area contributed by atoms with Crippen molar-refractivity contribution < 1.29 is 31.5 Å². The second kappa shape index (κ2) is 22.4. The number of allylic oxidation sites excluding steroid dienone is 2. The van der Waals surface area contributed by atoms with E-state index in [4.69, 9.17) is 23.1 Å². The molecule has 10 heteroatoms. The van der Waals surface area contributed by atoms with Crippen molar-refractivity contribution in [2.75, 3.05) is 45.6 Å². The molecule has 0 aliphatic carbocycles. The zero-order valence-electron chi connectivity index (χ0n) is 28.5. The number of para-hydroxylation sites is 1. The Hall–Kier alpha value is -4.12. The molecule has 0 aliphatic rings. The highest BCUT2D eigenvalue weighted by Crippen LogP contribution is 2.30. The minimum Gasteiger partial charge on any atom is -0.497 e. The van der Waals surface area contributed by atoms with Crippen LogP contribution in [0.4, 0.5) is 5.69 Å². The van der Waals surface area contributed by atoms with Crippen molar-refractivity contribution >= 4 is 15.8 Å². The average molecular weight is 655 g/mol. The van der Waals surface area contributed by atoms with E-state index in [1.165, 1.54) is 19.2 Å². The first-order valence-corrected chi connectivity index (χ1v) is 16.8. The van der Waals surface area contributed by atoms with Crippen molar-refractivity contribution in [2.24, 2.45) is 0 Å². The van der Waals surface area contributed by atoms with Crippen LogP contribution in [0.2, 0.25) is 0 Å². The van der Waals surface area contributed by atoms with E-state index >= 15 is 0 Å². The topological polar surface area (TPSA) is 96.4 Å². The molecule has 0 aliphatic heterocycles. The van der Waals surface area contributed by atoms with E-state index in [-0.39, 0.29) is 24.8 Å². The third-order valence-electron chi connectivity index (χ3n) is 5.96. The number of nitrogens with zero attached hydrogens (tertiary/aromatic N) is 2. The molecule has 0 spiro atoms. The van der Waals surface area contributed by atoms with Gasteiger partial charge in [0.25, 0.3) is 10.1 Å². The predicted molar refractivity (Wildman–Crippen MR) is 186 cm³/mol. The van der Waals surface area contributed by atoms with Crippen molar-refractivity contribution in [3.63, 3.8) is 0 Å².